The summed E-state index contributed by atoms with van der Waals surface area (Å²) in [5.74, 6) is 0.0788. The minimum atomic E-state index is 0.0506. The molecule has 4 rings (SSSR count). The lowest BCUT2D eigenvalue weighted by molar-refractivity contribution is -0.121. The van der Waals surface area contributed by atoms with Crippen LogP contribution < -0.4 is 5.32 Å². The van der Waals surface area contributed by atoms with Crippen molar-refractivity contribution in [2.45, 2.75) is 31.7 Å². The van der Waals surface area contributed by atoms with E-state index in [0.717, 1.165) is 40.4 Å². The second-order valence-electron chi connectivity index (χ2n) is 5.95. The summed E-state index contributed by atoms with van der Waals surface area (Å²) < 4.78 is 0. The van der Waals surface area contributed by atoms with E-state index >= 15 is 0 Å². The number of hydrogen-bond acceptors (Lipinski definition) is 2. The summed E-state index contributed by atoms with van der Waals surface area (Å²) in [7, 11) is 0. The smallest absolute Gasteiger partial charge is 0.225 e. The number of carbonyl (C=O) groups is 1. The van der Waals surface area contributed by atoms with E-state index in [1.807, 2.05) is 29.6 Å². The Labute approximate surface area is 143 Å². The van der Waals surface area contributed by atoms with Gasteiger partial charge >= 0.3 is 0 Å². The van der Waals surface area contributed by atoms with Crippen molar-refractivity contribution < 1.29 is 4.79 Å². The largest absolute Gasteiger partial charge is 0.355 e. The molecule has 1 aliphatic rings. The Hall–Kier alpha value is -1.78. The van der Waals surface area contributed by atoms with Crippen LogP contribution in [-0.4, -0.2) is 10.9 Å². The molecule has 5 heteroatoms. The molecule has 0 fully saturated rings. The van der Waals surface area contributed by atoms with E-state index in [0.29, 0.717) is 6.42 Å². The summed E-state index contributed by atoms with van der Waals surface area (Å²) in [5, 5.41) is 7.11. The van der Waals surface area contributed by atoms with E-state index < -0.39 is 0 Å². The normalized spacial score (nSPS) is 17.2. The van der Waals surface area contributed by atoms with Crippen LogP contribution in [0.1, 0.15) is 35.0 Å². The van der Waals surface area contributed by atoms with Crippen molar-refractivity contribution in [2.75, 3.05) is 0 Å². The summed E-state index contributed by atoms with van der Waals surface area (Å²) in [4.78, 5) is 16.9. The molecule has 2 heterocycles. The Morgan fingerprint density at radius 3 is 3.09 bits per heavy atom. The van der Waals surface area contributed by atoms with Crippen LogP contribution in [0.2, 0.25) is 5.02 Å². The number of benzene rings is 1. The zero-order valence-electron chi connectivity index (χ0n) is 12.6. The third-order valence-corrected chi connectivity index (χ3v) is 5.63. The van der Waals surface area contributed by atoms with Gasteiger partial charge in [0.2, 0.25) is 5.91 Å². The number of amides is 1. The highest BCUT2D eigenvalue weighted by Crippen LogP contribution is 2.36. The molecule has 3 nitrogen and oxygen atoms in total. The molecule has 23 heavy (non-hydrogen) atoms. The number of para-hydroxylation sites is 1. The van der Waals surface area contributed by atoms with Crippen molar-refractivity contribution in [3.63, 3.8) is 0 Å². The third-order valence-electron chi connectivity index (χ3n) is 4.44. The Morgan fingerprint density at radius 1 is 1.35 bits per heavy atom. The number of halogens is 1. The van der Waals surface area contributed by atoms with Crippen LogP contribution in [0.5, 0.6) is 0 Å². The molecule has 1 aromatic carbocycles. The number of thiophene rings is 1. The highest BCUT2D eigenvalue weighted by Gasteiger charge is 2.26. The van der Waals surface area contributed by atoms with Crippen LogP contribution in [0.25, 0.3) is 10.9 Å². The molecular formula is C18H17ClN2OS. The molecule has 0 saturated carbocycles. The number of aromatic nitrogens is 1. The fourth-order valence-electron chi connectivity index (χ4n) is 3.41. The maximum atomic E-state index is 12.3. The van der Waals surface area contributed by atoms with Gasteiger partial charge in [-0.05, 0) is 42.3 Å². The molecule has 118 valence electrons. The first-order valence-corrected chi connectivity index (χ1v) is 9.09. The first kappa shape index (κ1) is 14.8. The van der Waals surface area contributed by atoms with Gasteiger partial charge in [0, 0.05) is 16.0 Å². The average molecular weight is 345 g/mol. The molecule has 1 unspecified atom stereocenters. The van der Waals surface area contributed by atoms with Crippen molar-refractivity contribution in [3.8, 4) is 0 Å². The molecule has 2 N–H and O–H groups in total. The number of carbonyl (C=O) groups excluding carboxylic acids is 1. The Morgan fingerprint density at radius 2 is 2.26 bits per heavy atom. The molecule has 1 amide bonds. The predicted molar refractivity (Wildman–Crippen MR) is 95.2 cm³/mol. The van der Waals surface area contributed by atoms with Crippen molar-refractivity contribution >= 4 is 39.7 Å². The summed E-state index contributed by atoms with van der Waals surface area (Å²) in [6.45, 7) is 0. The van der Waals surface area contributed by atoms with Gasteiger partial charge in [0.25, 0.3) is 0 Å². The van der Waals surface area contributed by atoms with E-state index in [1.54, 1.807) is 11.3 Å². The molecule has 0 saturated heterocycles. The van der Waals surface area contributed by atoms with E-state index in [1.165, 1.54) is 10.9 Å². The number of aromatic amines is 1. The predicted octanol–water partition coefficient (Wildman–Crippen LogP) is 4.62. The quantitative estimate of drug-likeness (QED) is 0.715. The van der Waals surface area contributed by atoms with Gasteiger partial charge in [-0.3, -0.25) is 4.79 Å². The Balaban J connectivity index is 1.61. The van der Waals surface area contributed by atoms with Crippen molar-refractivity contribution in [2.24, 2.45) is 0 Å². The van der Waals surface area contributed by atoms with Gasteiger partial charge in [-0.25, -0.2) is 0 Å². The summed E-state index contributed by atoms with van der Waals surface area (Å²) in [5.41, 5.74) is 3.41. The Kier molecular flexibility index (Phi) is 3.87. The third kappa shape index (κ3) is 2.77. The lowest BCUT2D eigenvalue weighted by Crippen LogP contribution is -2.32. The van der Waals surface area contributed by atoms with Gasteiger partial charge in [0.05, 0.1) is 23.0 Å². The number of nitrogens with one attached hydrogen (secondary N) is 2. The van der Waals surface area contributed by atoms with Crippen molar-refractivity contribution in [1.82, 2.24) is 10.3 Å². The standard InChI is InChI=1S/C18H17ClN2OS/c19-14-7-1-5-12-13-6-2-8-15(18(13)21-17(12)14)20-16(22)10-11-4-3-9-23-11/h1,3-5,7,9,15,21H,2,6,8,10H2,(H,20,22). The summed E-state index contributed by atoms with van der Waals surface area (Å²) in [6, 6.07) is 10.0. The summed E-state index contributed by atoms with van der Waals surface area (Å²) in [6.07, 6.45) is 3.53. The number of fused-ring (bicyclic) bond motifs is 3. The van der Waals surface area contributed by atoms with Gasteiger partial charge in [0.15, 0.2) is 0 Å². The first-order valence-electron chi connectivity index (χ1n) is 7.83. The monoisotopic (exact) mass is 344 g/mol. The molecule has 2 aromatic heterocycles. The lowest BCUT2D eigenvalue weighted by atomic mass is 9.91. The molecular weight excluding hydrogens is 328 g/mol. The van der Waals surface area contributed by atoms with Crippen LogP contribution in [0.4, 0.5) is 0 Å². The number of hydrogen-bond donors (Lipinski definition) is 2. The van der Waals surface area contributed by atoms with Crippen LogP contribution in [0, 0.1) is 0 Å². The van der Waals surface area contributed by atoms with Gasteiger partial charge in [-0.15, -0.1) is 11.3 Å². The van der Waals surface area contributed by atoms with Crippen molar-refractivity contribution in [1.29, 1.82) is 0 Å². The maximum absolute atomic E-state index is 12.3. The fraction of sp³-hybridized carbons (Fsp3) is 0.278. The molecule has 0 aliphatic heterocycles. The number of H-pyrrole nitrogens is 1. The molecule has 3 aromatic rings. The minimum absolute atomic E-state index is 0.0506. The zero-order valence-corrected chi connectivity index (χ0v) is 14.1. The number of rotatable bonds is 3. The van der Waals surface area contributed by atoms with E-state index in [9.17, 15) is 4.79 Å². The average Bonchev–Trinajstić information content (AvgIpc) is 3.16. The minimum Gasteiger partial charge on any atom is -0.355 e. The van der Waals surface area contributed by atoms with Gasteiger partial charge < -0.3 is 10.3 Å². The highest BCUT2D eigenvalue weighted by atomic mass is 35.5. The fourth-order valence-corrected chi connectivity index (χ4v) is 4.34. The van der Waals surface area contributed by atoms with Crippen molar-refractivity contribution in [3.05, 3.63) is 56.9 Å². The topological polar surface area (TPSA) is 44.9 Å². The molecule has 1 atom stereocenters. The SMILES string of the molecule is O=C(Cc1cccs1)NC1CCCc2c1[nH]c1c(Cl)cccc21. The van der Waals surface area contributed by atoms with Crippen LogP contribution in [0.3, 0.4) is 0 Å². The second-order valence-corrected chi connectivity index (χ2v) is 7.39. The molecule has 1 aliphatic carbocycles. The molecule has 0 radical (unpaired) electrons. The number of aryl methyl sites for hydroxylation is 1. The van der Waals surface area contributed by atoms with Gasteiger partial charge in [-0.1, -0.05) is 29.8 Å². The zero-order chi connectivity index (χ0) is 15.8. The van der Waals surface area contributed by atoms with E-state index in [4.69, 9.17) is 11.6 Å². The lowest BCUT2D eigenvalue weighted by Gasteiger charge is -2.23. The molecule has 0 bridgehead atoms. The highest BCUT2D eigenvalue weighted by molar-refractivity contribution is 7.10. The van der Waals surface area contributed by atoms with Gasteiger partial charge in [-0.2, -0.15) is 0 Å². The van der Waals surface area contributed by atoms with Crippen LogP contribution in [0.15, 0.2) is 35.7 Å². The van der Waals surface area contributed by atoms with E-state index in [-0.39, 0.29) is 11.9 Å². The Bertz CT molecular complexity index is 853. The second kappa shape index (κ2) is 6.02. The van der Waals surface area contributed by atoms with Crippen LogP contribution >= 0.6 is 22.9 Å². The van der Waals surface area contributed by atoms with E-state index in [2.05, 4.69) is 16.4 Å². The van der Waals surface area contributed by atoms with Gasteiger partial charge in [0.1, 0.15) is 0 Å². The van der Waals surface area contributed by atoms with Crippen LogP contribution in [-0.2, 0) is 17.6 Å². The maximum Gasteiger partial charge on any atom is 0.225 e. The first-order chi connectivity index (χ1) is 11.2. The molecule has 0 spiro atoms. The summed E-state index contributed by atoms with van der Waals surface area (Å²) >= 11 is 7.93.